The fraction of sp³-hybridized carbons (Fsp3) is 0.556. The molecule has 19 heavy (non-hydrogen) atoms. The molecule has 0 unspecified atom stereocenters. The largest absolute Gasteiger partial charge is 0.528 e. The lowest BCUT2D eigenvalue weighted by atomic mass is 10.4. The Kier molecular flexibility index (Phi) is 11.8. The first kappa shape index (κ1) is 18.8. The molecule has 10 heteroatoms. The van der Waals surface area contributed by atoms with Crippen molar-refractivity contribution in [2.45, 2.75) is 32.1 Å². The minimum Gasteiger partial charge on any atom is -0.450 e. The second-order valence-electron chi connectivity index (χ2n) is 3.04. The number of carboxylic acid groups (broad SMARTS) is 4. The van der Waals surface area contributed by atoms with Crippen LogP contribution in [-0.4, -0.2) is 45.0 Å². The molecule has 0 atom stereocenters. The Balaban J connectivity index is 0. The van der Waals surface area contributed by atoms with Crippen molar-refractivity contribution in [2.24, 2.45) is 0 Å². The van der Waals surface area contributed by atoms with Gasteiger partial charge in [-0.1, -0.05) is 32.1 Å². The quantitative estimate of drug-likeness (QED) is 0.382. The van der Waals surface area contributed by atoms with Crippen molar-refractivity contribution in [1.29, 1.82) is 0 Å². The van der Waals surface area contributed by atoms with Gasteiger partial charge in [-0.3, -0.25) is 0 Å². The first-order valence-electron chi connectivity index (χ1n) is 5.03. The normalized spacial score (nSPS) is 14.5. The second kappa shape index (κ2) is 12.0. The van der Waals surface area contributed by atoms with Crippen LogP contribution in [0.4, 0.5) is 19.2 Å². The highest BCUT2D eigenvalue weighted by atomic mass is 16.9. The lowest BCUT2D eigenvalue weighted by molar-refractivity contribution is 0.00674. The molecule has 10 nitrogen and oxygen atoms in total. The Labute approximate surface area is 107 Å². The van der Waals surface area contributed by atoms with Crippen molar-refractivity contribution in [3.8, 4) is 0 Å². The summed E-state index contributed by atoms with van der Waals surface area (Å²) in [5.41, 5.74) is 0. The SMILES string of the molecule is C1CCCC1.O=C(O)O.O=C(O)O.O=C1OC(=O)O1. The maximum atomic E-state index is 9.44. The molecule has 1 saturated heterocycles. The van der Waals surface area contributed by atoms with Crippen molar-refractivity contribution in [1.82, 2.24) is 0 Å². The monoisotopic (exact) mass is 282 g/mol. The van der Waals surface area contributed by atoms with Crippen LogP contribution in [0, 0.1) is 0 Å². The molecule has 1 aliphatic heterocycles. The van der Waals surface area contributed by atoms with E-state index in [1.165, 1.54) is 32.1 Å². The molecular formula is C9H14O10. The van der Waals surface area contributed by atoms with Crippen molar-refractivity contribution in [3.63, 3.8) is 0 Å². The van der Waals surface area contributed by atoms with Crippen LogP contribution in [0.5, 0.6) is 0 Å². The zero-order valence-electron chi connectivity index (χ0n) is 9.77. The van der Waals surface area contributed by atoms with Crippen LogP contribution in [0.15, 0.2) is 0 Å². The molecule has 2 aliphatic rings. The number of carbonyl (C=O) groups is 4. The summed E-state index contributed by atoms with van der Waals surface area (Å²) in [7, 11) is 0. The van der Waals surface area contributed by atoms with Crippen LogP contribution < -0.4 is 0 Å². The Morgan fingerprint density at radius 2 is 0.842 bits per heavy atom. The fourth-order valence-electron chi connectivity index (χ4n) is 1.03. The van der Waals surface area contributed by atoms with E-state index in [9.17, 15) is 9.59 Å². The van der Waals surface area contributed by atoms with Crippen LogP contribution in [-0.2, 0) is 9.47 Å². The van der Waals surface area contributed by atoms with E-state index in [1.807, 2.05) is 0 Å². The summed E-state index contributed by atoms with van der Waals surface area (Å²) in [6.07, 6.45) is 2.00. The minimum atomic E-state index is -1.83. The van der Waals surface area contributed by atoms with Gasteiger partial charge in [0.2, 0.25) is 0 Å². The molecule has 4 N–H and O–H groups in total. The number of ether oxygens (including phenoxy) is 2. The van der Waals surface area contributed by atoms with Gasteiger partial charge in [0, 0.05) is 0 Å². The van der Waals surface area contributed by atoms with E-state index in [-0.39, 0.29) is 0 Å². The van der Waals surface area contributed by atoms with E-state index in [0.717, 1.165) is 0 Å². The summed E-state index contributed by atoms with van der Waals surface area (Å²) in [5, 5.41) is 27.9. The van der Waals surface area contributed by atoms with E-state index < -0.39 is 24.6 Å². The molecule has 1 saturated carbocycles. The molecule has 0 spiro atoms. The lowest BCUT2D eigenvalue weighted by Gasteiger charge is -2.05. The molecule has 2 fully saturated rings. The molecule has 1 heterocycles. The molecule has 2 rings (SSSR count). The highest BCUT2D eigenvalue weighted by Gasteiger charge is 2.27. The number of carbonyl (C=O) groups excluding carboxylic acids is 2. The number of hydrogen-bond acceptors (Lipinski definition) is 6. The third-order valence-corrected chi connectivity index (χ3v) is 1.58. The lowest BCUT2D eigenvalue weighted by Crippen LogP contribution is -2.27. The van der Waals surface area contributed by atoms with Crippen LogP contribution in [0.25, 0.3) is 0 Å². The molecular weight excluding hydrogens is 268 g/mol. The van der Waals surface area contributed by atoms with Crippen molar-refractivity contribution >= 4 is 24.6 Å². The van der Waals surface area contributed by atoms with E-state index >= 15 is 0 Å². The third kappa shape index (κ3) is 25.6. The van der Waals surface area contributed by atoms with Gasteiger partial charge < -0.3 is 29.9 Å². The summed E-state index contributed by atoms with van der Waals surface area (Å²) in [6.45, 7) is 0. The van der Waals surface area contributed by atoms with Gasteiger partial charge in [0.1, 0.15) is 0 Å². The van der Waals surface area contributed by atoms with Gasteiger partial charge in [-0.2, -0.15) is 0 Å². The van der Waals surface area contributed by atoms with Gasteiger partial charge in [0.05, 0.1) is 0 Å². The topological polar surface area (TPSA) is 168 Å². The average Bonchev–Trinajstić information content (AvgIpc) is 2.71. The smallest absolute Gasteiger partial charge is 0.450 e. The van der Waals surface area contributed by atoms with Crippen LogP contribution >= 0.6 is 0 Å². The second-order valence-corrected chi connectivity index (χ2v) is 3.04. The van der Waals surface area contributed by atoms with Gasteiger partial charge >= 0.3 is 24.6 Å². The van der Waals surface area contributed by atoms with Crippen molar-refractivity contribution in [2.75, 3.05) is 0 Å². The molecule has 0 aromatic heterocycles. The summed E-state index contributed by atoms with van der Waals surface area (Å²) in [6, 6.07) is 0. The molecule has 0 bridgehead atoms. The average molecular weight is 282 g/mol. The first-order chi connectivity index (χ1) is 8.75. The number of rotatable bonds is 0. The van der Waals surface area contributed by atoms with Crippen LogP contribution in [0.1, 0.15) is 32.1 Å². The fourth-order valence-corrected chi connectivity index (χ4v) is 1.03. The summed E-state index contributed by atoms with van der Waals surface area (Å²) >= 11 is 0. The maximum Gasteiger partial charge on any atom is 0.528 e. The van der Waals surface area contributed by atoms with E-state index in [4.69, 9.17) is 30.0 Å². The van der Waals surface area contributed by atoms with Crippen molar-refractivity contribution in [3.05, 3.63) is 0 Å². The van der Waals surface area contributed by atoms with Crippen LogP contribution in [0.2, 0.25) is 0 Å². The molecule has 110 valence electrons. The van der Waals surface area contributed by atoms with Gasteiger partial charge in [-0.15, -0.1) is 0 Å². The van der Waals surface area contributed by atoms with E-state index in [1.54, 1.807) is 0 Å². The molecule has 0 aromatic rings. The molecule has 0 aromatic carbocycles. The molecule has 1 aliphatic carbocycles. The van der Waals surface area contributed by atoms with Crippen molar-refractivity contribution < 1.29 is 49.1 Å². The van der Waals surface area contributed by atoms with Gasteiger partial charge in [0.25, 0.3) is 0 Å². The predicted octanol–water partition coefficient (Wildman–Crippen LogP) is 2.67. The minimum absolute atomic E-state index is 0.917. The van der Waals surface area contributed by atoms with Crippen LogP contribution in [0.3, 0.4) is 0 Å². The maximum absolute atomic E-state index is 9.44. The van der Waals surface area contributed by atoms with Gasteiger partial charge in [-0.05, 0) is 0 Å². The number of cyclic esters (lactones) is 4. The highest BCUT2D eigenvalue weighted by Crippen LogP contribution is 2.15. The summed E-state index contributed by atoms with van der Waals surface area (Å²) < 4.78 is 7.28. The molecule has 0 amide bonds. The first-order valence-corrected chi connectivity index (χ1v) is 5.03. The Morgan fingerprint density at radius 3 is 0.895 bits per heavy atom. The van der Waals surface area contributed by atoms with E-state index in [2.05, 4.69) is 9.47 Å². The van der Waals surface area contributed by atoms with Gasteiger partial charge in [-0.25, -0.2) is 19.2 Å². The van der Waals surface area contributed by atoms with Gasteiger partial charge in [0.15, 0.2) is 0 Å². The summed E-state index contributed by atoms with van der Waals surface area (Å²) in [5.74, 6) is 0. The molecule has 0 radical (unpaired) electrons. The zero-order valence-corrected chi connectivity index (χ0v) is 9.77. The Hall–Kier alpha value is -2.52. The zero-order chi connectivity index (χ0) is 15.3. The summed E-state index contributed by atoms with van der Waals surface area (Å²) in [4.78, 5) is 36.0. The highest BCUT2D eigenvalue weighted by molar-refractivity contribution is 5.93. The standard InChI is InChI=1S/C5H10.C2O4.2CH2O3/c1-2-4-5-3-1;3-1-5-2(4)6-1;2*2-1(3)4/h1-5H2;;2*(H2,2,3,4). The Bertz CT molecular complexity index is 257. The predicted molar refractivity (Wildman–Crippen MR) is 57.4 cm³/mol. The number of hydrogen-bond donors (Lipinski definition) is 4. The third-order valence-electron chi connectivity index (χ3n) is 1.58. The van der Waals surface area contributed by atoms with E-state index in [0.29, 0.717) is 0 Å². The Morgan fingerprint density at radius 1 is 0.684 bits per heavy atom.